The Labute approximate surface area is 198 Å². The van der Waals surface area contributed by atoms with Crippen molar-refractivity contribution in [2.75, 3.05) is 6.61 Å². The van der Waals surface area contributed by atoms with Gasteiger partial charge < -0.3 is 4.74 Å². The molecule has 7 unspecified atom stereocenters. The lowest BCUT2D eigenvalue weighted by Crippen LogP contribution is -2.30. The second-order valence-electron chi connectivity index (χ2n) is 11.7. The van der Waals surface area contributed by atoms with Crippen molar-refractivity contribution in [3.8, 4) is 0 Å². The van der Waals surface area contributed by atoms with Gasteiger partial charge in [0.15, 0.2) is 0 Å². The summed E-state index contributed by atoms with van der Waals surface area (Å²) >= 11 is 0. The number of rotatable bonds is 10. The fourth-order valence-electron chi connectivity index (χ4n) is 7.14. The van der Waals surface area contributed by atoms with Gasteiger partial charge in [-0.05, 0) is 126 Å². The van der Waals surface area contributed by atoms with Gasteiger partial charge >= 0.3 is 0 Å². The molecular formula is C30H51FO. The summed E-state index contributed by atoms with van der Waals surface area (Å²) in [6.07, 6.45) is 15.3. The quantitative estimate of drug-likeness (QED) is 0.304. The van der Waals surface area contributed by atoms with Gasteiger partial charge in [0, 0.05) is 6.61 Å². The summed E-state index contributed by atoms with van der Waals surface area (Å²) in [5.74, 6) is 4.36. The molecule has 0 aliphatic heterocycles. The van der Waals surface area contributed by atoms with Gasteiger partial charge in [-0.15, -0.1) is 0 Å². The lowest BCUT2D eigenvalue weighted by Gasteiger charge is -2.35. The third kappa shape index (κ3) is 6.49. The van der Waals surface area contributed by atoms with Crippen molar-refractivity contribution in [2.24, 2.45) is 41.4 Å². The van der Waals surface area contributed by atoms with Crippen molar-refractivity contribution in [1.82, 2.24) is 0 Å². The van der Waals surface area contributed by atoms with E-state index in [0.717, 1.165) is 43.6 Å². The maximum Gasteiger partial charge on any atom is 0.101 e. The monoisotopic (exact) mass is 446 g/mol. The van der Waals surface area contributed by atoms with E-state index in [1.54, 1.807) is 6.92 Å². The minimum Gasteiger partial charge on any atom is -0.378 e. The number of hydrogen-bond acceptors (Lipinski definition) is 1. The molecule has 0 N–H and O–H groups in total. The van der Waals surface area contributed by atoms with E-state index in [1.807, 2.05) is 0 Å². The normalized spacial score (nSPS) is 36.6. The van der Waals surface area contributed by atoms with Gasteiger partial charge in [-0.2, -0.15) is 0 Å². The van der Waals surface area contributed by atoms with E-state index >= 15 is 0 Å². The largest absolute Gasteiger partial charge is 0.378 e. The Morgan fingerprint density at radius 1 is 1.12 bits per heavy atom. The molecule has 3 fully saturated rings. The molecule has 32 heavy (non-hydrogen) atoms. The minimum atomic E-state index is -0.751. The highest BCUT2D eigenvalue weighted by Gasteiger charge is 2.45. The zero-order valence-electron chi connectivity index (χ0n) is 21.8. The second-order valence-corrected chi connectivity index (χ2v) is 11.7. The maximum atomic E-state index is 14.6. The molecule has 0 amide bonds. The van der Waals surface area contributed by atoms with E-state index in [1.165, 1.54) is 62.5 Å². The van der Waals surface area contributed by atoms with Gasteiger partial charge in [-0.3, -0.25) is 0 Å². The molecule has 7 atom stereocenters. The summed E-state index contributed by atoms with van der Waals surface area (Å²) in [6.45, 7) is 16.3. The number of allylic oxidation sites excluding steroid dienone is 3. The molecule has 184 valence electrons. The van der Waals surface area contributed by atoms with Crippen LogP contribution in [0.1, 0.15) is 105 Å². The number of ether oxygens (including phenoxy) is 1. The van der Waals surface area contributed by atoms with Gasteiger partial charge in [0.05, 0.1) is 6.10 Å². The maximum absolute atomic E-state index is 14.6. The molecule has 3 aliphatic rings. The molecule has 0 saturated heterocycles. The highest BCUT2D eigenvalue weighted by atomic mass is 19.1. The van der Waals surface area contributed by atoms with E-state index in [9.17, 15) is 4.39 Å². The molecule has 0 radical (unpaired) electrons. The predicted octanol–water partition coefficient (Wildman–Crippen LogP) is 8.94. The summed E-state index contributed by atoms with van der Waals surface area (Å²) in [4.78, 5) is 0. The Hall–Kier alpha value is -0.630. The molecule has 2 heteroatoms. The summed E-state index contributed by atoms with van der Waals surface area (Å²) < 4.78 is 21.2. The first-order chi connectivity index (χ1) is 15.3. The summed E-state index contributed by atoms with van der Waals surface area (Å²) in [6, 6.07) is 0. The van der Waals surface area contributed by atoms with Crippen molar-refractivity contribution in [3.63, 3.8) is 0 Å². The van der Waals surface area contributed by atoms with Gasteiger partial charge in [0.1, 0.15) is 6.17 Å². The van der Waals surface area contributed by atoms with Crippen molar-refractivity contribution in [1.29, 1.82) is 0 Å². The minimum absolute atomic E-state index is 0.128. The first kappa shape index (κ1) is 26.0. The highest BCUT2D eigenvalue weighted by molar-refractivity contribution is 5.18. The van der Waals surface area contributed by atoms with Crippen molar-refractivity contribution in [2.45, 2.75) is 118 Å². The van der Waals surface area contributed by atoms with Crippen molar-refractivity contribution >= 4 is 0 Å². The third-order valence-corrected chi connectivity index (χ3v) is 9.82. The SMILES string of the molecule is C=C1C2CCC(OCC3CCC(C(C)CC)CC3)CC2CC1C(CCC(C)=CC)C(C)F. The van der Waals surface area contributed by atoms with Gasteiger partial charge in [-0.1, -0.05) is 44.1 Å². The van der Waals surface area contributed by atoms with Crippen LogP contribution in [-0.2, 0) is 4.74 Å². The molecule has 3 aliphatic carbocycles. The van der Waals surface area contributed by atoms with Crippen LogP contribution in [0.5, 0.6) is 0 Å². The Kier molecular flexibility index (Phi) is 9.89. The Morgan fingerprint density at radius 2 is 1.84 bits per heavy atom. The Bertz CT molecular complexity index is 614. The molecule has 0 bridgehead atoms. The van der Waals surface area contributed by atoms with Gasteiger partial charge in [0.2, 0.25) is 0 Å². The fraction of sp³-hybridized carbons (Fsp3) is 0.867. The summed E-state index contributed by atoms with van der Waals surface area (Å²) in [5.41, 5.74) is 2.74. The number of alkyl halides is 1. The zero-order chi connectivity index (χ0) is 23.3. The van der Waals surface area contributed by atoms with Crippen LogP contribution in [0, 0.1) is 41.4 Å². The molecule has 3 saturated carbocycles. The Balaban J connectivity index is 1.47. The van der Waals surface area contributed by atoms with E-state index in [2.05, 4.69) is 40.3 Å². The fourth-order valence-corrected chi connectivity index (χ4v) is 7.14. The molecule has 3 rings (SSSR count). The van der Waals surface area contributed by atoms with Crippen LogP contribution in [0.3, 0.4) is 0 Å². The zero-order valence-corrected chi connectivity index (χ0v) is 21.8. The molecule has 0 spiro atoms. The lowest BCUT2D eigenvalue weighted by molar-refractivity contribution is -0.0209. The molecule has 0 aromatic carbocycles. The number of hydrogen-bond donors (Lipinski definition) is 0. The topological polar surface area (TPSA) is 9.23 Å². The molecule has 1 nitrogen and oxygen atoms in total. The lowest BCUT2D eigenvalue weighted by atomic mass is 9.75. The number of fused-ring (bicyclic) bond motifs is 1. The van der Waals surface area contributed by atoms with Crippen LogP contribution in [-0.4, -0.2) is 18.9 Å². The second kappa shape index (κ2) is 12.2. The Morgan fingerprint density at radius 3 is 2.47 bits per heavy atom. The van der Waals surface area contributed by atoms with Crippen LogP contribution in [0.2, 0.25) is 0 Å². The third-order valence-electron chi connectivity index (χ3n) is 9.82. The van der Waals surface area contributed by atoms with Crippen LogP contribution < -0.4 is 0 Å². The van der Waals surface area contributed by atoms with Crippen molar-refractivity contribution < 1.29 is 9.13 Å². The summed E-state index contributed by atoms with van der Waals surface area (Å²) in [5, 5.41) is 0. The van der Waals surface area contributed by atoms with Gasteiger partial charge in [-0.25, -0.2) is 4.39 Å². The first-order valence-corrected chi connectivity index (χ1v) is 13.9. The molecule has 0 aromatic rings. The van der Waals surface area contributed by atoms with E-state index < -0.39 is 6.17 Å². The smallest absolute Gasteiger partial charge is 0.101 e. The average molecular weight is 447 g/mol. The van der Waals surface area contributed by atoms with Crippen LogP contribution in [0.4, 0.5) is 4.39 Å². The van der Waals surface area contributed by atoms with Crippen LogP contribution in [0.15, 0.2) is 23.8 Å². The standard InChI is InChI=1S/C30H51FO/c1-7-20(3)9-15-29(23(6)31)30-18-26-17-27(14-16-28(26)22(30)5)32-19-24-10-12-25(13-11-24)21(4)8-2/h7,21,23-30H,5,8-19H2,1-4,6H3. The van der Waals surface area contributed by atoms with E-state index in [4.69, 9.17) is 4.74 Å². The van der Waals surface area contributed by atoms with E-state index in [-0.39, 0.29) is 5.92 Å². The number of halogens is 1. The predicted molar refractivity (Wildman–Crippen MR) is 135 cm³/mol. The average Bonchev–Trinajstić information content (AvgIpc) is 3.12. The first-order valence-electron chi connectivity index (χ1n) is 13.9. The van der Waals surface area contributed by atoms with Crippen LogP contribution in [0.25, 0.3) is 0 Å². The molecular weight excluding hydrogens is 395 g/mol. The van der Waals surface area contributed by atoms with Crippen LogP contribution >= 0.6 is 0 Å². The van der Waals surface area contributed by atoms with Gasteiger partial charge in [0.25, 0.3) is 0 Å². The molecule has 0 heterocycles. The van der Waals surface area contributed by atoms with Crippen molar-refractivity contribution in [3.05, 3.63) is 23.8 Å². The summed E-state index contributed by atoms with van der Waals surface area (Å²) in [7, 11) is 0. The molecule has 0 aromatic heterocycles. The van der Waals surface area contributed by atoms with E-state index in [0.29, 0.717) is 23.9 Å². The highest BCUT2D eigenvalue weighted by Crippen LogP contribution is 2.52.